The van der Waals surface area contributed by atoms with Crippen molar-refractivity contribution in [3.05, 3.63) is 40.0 Å². The van der Waals surface area contributed by atoms with Gasteiger partial charge in [0.2, 0.25) is 0 Å². The third kappa shape index (κ3) is 3.18. The Morgan fingerprint density at radius 2 is 2.23 bits per heavy atom. The highest BCUT2D eigenvalue weighted by Gasteiger charge is 2.01. The number of amides is 1. The molecule has 0 saturated carbocycles. The first kappa shape index (κ1) is 10.2. The lowest BCUT2D eigenvalue weighted by atomic mass is 10.3. The first-order valence-electron chi connectivity index (χ1n) is 3.82. The van der Waals surface area contributed by atoms with Gasteiger partial charge in [0, 0.05) is 14.8 Å². The number of hydrogen-bond donors (Lipinski definition) is 1. The average Bonchev–Trinajstić information content (AvgIpc) is 2.04. The van der Waals surface area contributed by atoms with Crippen LogP contribution in [0.25, 0.3) is 0 Å². The highest BCUT2D eigenvalue weighted by atomic mass is 127. The molecule has 0 aromatic heterocycles. The lowest BCUT2D eigenvalue weighted by molar-refractivity contribution is -0.112. The van der Waals surface area contributed by atoms with E-state index < -0.39 is 0 Å². The molecule has 0 radical (unpaired) electrons. The molecule has 0 heterocycles. The summed E-state index contributed by atoms with van der Waals surface area (Å²) >= 11 is 2.20. The molecule has 1 rings (SSSR count). The van der Waals surface area contributed by atoms with Crippen LogP contribution >= 0.6 is 22.6 Å². The van der Waals surface area contributed by atoms with E-state index in [1.165, 1.54) is 0 Å². The largest absolute Gasteiger partial charge is 0.322 e. The SMILES string of the molecule is C=C(C)C(=O)Nc1cccc(I)c1. The number of benzene rings is 1. The Bertz CT molecular complexity index is 347. The van der Waals surface area contributed by atoms with E-state index in [0.717, 1.165) is 9.26 Å². The van der Waals surface area contributed by atoms with Crippen LogP contribution in [0.1, 0.15) is 6.92 Å². The lowest BCUT2D eigenvalue weighted by Gasteiger charge is -2.04. The van der Waals surface area contributed by atoms with Crippen molar-refractivity contribution in [2.24, 2.45) is 0 Å². The normalized spacial score (nSPS) is 9.38. The fraction of sp³-hybridized carbons (Fsp3) is 0.100. The third-order valence-corrected chi connectivity index (χ3v) is 2.14. The van der Waals surface area contributed by atoms with E-state index in [2.05, 4.69) is 34.5 Å². The molecule has 1 aromatic carbocycles. The van der Waals surface area contributed by atoms with Gasteiger partial charge in [-0.1, -0.05) is 12.6 Å². The van der Waals surface area contributed by atoms with Crippen molar-refractivity contribution >= 4 is 34.2 Å². The molecule has 0 bridgehead atoms. The summed E-state index contributed by atoms with van der Waals surface area (Å²) in [4.78, 5) is 11.2. The Labute approximate surface area is 91.2 Å². The van der Waals surface area contributed by atoms with E-state index in [9.17, 15) is 4.79 Å². The Morgan fingerprint density at radius 3 is 2.77 bits per heavy atom. The topological polar surface area (TPSA) is 29.1 Å². The quantitative estimate of drug-likeness (QED) is 0.657. The van der Waals surface area contributed by atoms with Gasteiger partial charge in [0.15, 0.2) is 0 Å². The molecule has 3 heteroatoms. The minimum absolute atomic E-state index is 0.137. The summed E-state index contributed by atoms with van der Waals surface area (Å²) in [7, 11) is 0. The van der Waals surface area contributed by atoms with Crippen molar-refractivity contribution < 1.29 is 4.79 Å². The molecule has 0 aliphatic rings. The Kier molecular flexibility index (Phi) is 3.48. The monoisotopic (exact) mass is 287 g/mol. The molecule has 0 saturated heterocycles. The van der Waals surface area contributed by atoms with Crippen molar-refractivity contribution in [1.29, 1.82) is 0 Å². The summed E-state index contributed by atoms with van der Waals surface area (Å²) in [5.41, 5.74) is 1.32. The molecule has 0 fully saturated rings. The second-order valence-corrected chi connectivity index (χ2v) is 3.99. The first-order chi connectivity index (χ1) is 6.09. The molecule has 0 aliphatic heterocycles. The standard InChI is InChI=1S/C10H10INO/c1-7(2)10(13)12-9-5-3-4-8(11)6-9/h3-6H,1H2,2H3,(H,12,13). The van der Waals surface area contributed by atoms with Crippen LogP contribution in [-0.4, -0.2) is 5.91 Å². The van der Waals surface area contributed by atoms with Crippen LogP contribution in [0.15, 0.2) is 36.4 Å². The van der Waals surface area contributed by atoms with Crippen LogP contribution in [-0.2, 0) is 4.79 Å². The lowest BCUT2D eigenvalue weighted by Crippen LogP contribution is -2.11. The Morgan fingerprint density at radius 1 is 1.54 bits per heavy atom. The van der Waals surface area contributed by atoms with Gasteiger partial charge in [0.05, 0.1) is 0 Å². The minimum atomic E-state index is -0.137. The van der Waals surface area contributed by atoms with Crippen LogP contribution in [0, 0.1) is 3.57 Å². The molecule has 0 aliphatic carbocycles. The Hall–Kier alpha value is -0.840. The molecular weight excluding hydrogens is 277 g/mol. The summed E-state index contributed by atoms with van der Waals surface area (Å²) < 4.78 is 1.09. The van der Waals surface area contributed by atoms with Crippen LogP contribution in [0.4, 0.5) is 5.69 Å². The third-order valence-electron chi connectivity index (χ3n) is 1.47. The van der Waals surface area contributed by atoms with E-state index in [0.29, 0.717) is 5.57 Å². The Balaban J connectivity index is 2.75. The number of rotatable bonds is 2. The van der Waals surface area contributed by atoms with Crippen molar-refractivity contribution in [3.8, 4) is 0 Å². The molecular formula is C10H10INO. The number of carbonyl (C=O) groups is 1. The van der Waals surface area contributed by atoms with Crippen molar-refractivity contribution in [1.82, 2.24) is 0 Å². The molecule has 13 heavy (non-hydrogen) atoms. The number of anilines is 1. The molecule has 0 atom stereocenters. The second kappa shape index (κ2) is 4.41. The predicted octanol–water partition coefficient (Wildman–Crippen LogP) is 2.81. The zero-order valence-electron chi connectivity index (χ0n) is 7.30. The maximum atomic E-state index is 11.2. The van der Waals surface area contributed by atoms with Gasteiger partial charge >= 0.3 is 0 Å². The fourth-order valence-corrected chi connectivity index (χ4v) is 1.35. The van der Waals surface area contributed by atoms with Gasteiger partial charge in [0.1, 0.15) is 0 Å². The number of carbonyl (C=O) groups excluding carboxylic acids is 1. The van der Waals surface area contributed by atoms with Crippen LogP contribution in [0.2, 0.25) is 0 Å². The van der Waals surface area contributed by atoms with E-state index in [4.69, 9.17) is 0 Å². The van der Waals surface area contributed by atoms with E-state index in [-0.39, 0.29) is 5.91 Å². The molecule has 1 amide bonds. The van der Waals surface area contributed by atoms with E-state index in [1.807, 2.05) is 24.3 Å². The molecule has 68 valence electrons. The summed E-state index contributed by atoms with van der Waals surface area (Å²) in [5, 5.41) is 2.74. The summed E-state index contributed by atoms with van der Waals surface area (Å²) in [6.45, 7) is 5.24. The summed E-state index contributed by atoms with van der Waals surface area (Å²) in [6, 6.07) is 7.62. The van der Waals surface area contributed by atoms with Crippen molar-refractivity contribution in [2.75, 3.05) is 5.32 Å². The van der Waals surface area contributed by atoms with Gasteiger partial charge in [-0.05, 0) is 47.7 Å². The zero-order chi connectivity index (χ0) is 9.84. The van der Waals surface area contributed by atoms with E-state index in [1.54, 1.807) is 6.92 Å². The molecule has 0 unspecified atom stereocenters. The molecule has 0 spiro atoms. The summed E-state index contributed by atoms with van der Waals surface area (Å²) in [5.74, 6) is -0.137. The summed E-state index contributed by atoms with van der Waals surface area (Å²) in [6.07, 6.45) is 0. The van der Waals surface area contributed by atoms with Crippen LogP contribution in [0.3, 0.4) is 0 Å². The maximum absolute atomic E-state index is 11.2. The highest BCUT2D eigenvalue weighted by molar-refractivity contribution is 14.1. The molecule has 2 nitrogen and oxygen atoms in total. The van der Waals surface area contributed by atoms with Gasteiger partial charge in [-0.15, -0.1) is 0 Å². The number of nitrogens with one attached hydrogen (secondary N) is 1. The van der Waals surface area contributed by atoms with Gasteiger partial charge in [-0.2, -0.15) is 0 Å². The van der Waals surface area contributed by atoms with Gasteiger partial charge in [0.25, 0.3) is 5.91 Å². The number of halogens is 1. The van der Waals surface area contributed by atoms with Gasteiger partial charge in [-0.3, -0.25) is 4.79 Å². The predicted molar refractivity (Wildman–Crippen MR) is 62.6 cm³/mol. The second-order valence-electron chi connectivity index (χ2n) is 2.74. The van der Waals surface area contributed by atoms with Gasteiger partial charge in [-0.25, -0.2) is 0 Å². The van der Waals surface area contributed by atoms with Crippen molar-refractivity contribution in [3.63, 3.8) is 0 Å². The minimum Gasteiger partial charge on any atom is -0.322 e. The van der Waals surface area contributed by atoms with Crippen molar-refractivity contribution in [2.45, 2.75) is 6.92 Å². The van der Waals surface area contributed by atoms with Crippen LogP contribution < -0.4 is 5.32 Å². The highest BCUT2D eigenvalue weighted by Crippen LogP contribution is 2.12. The smallest absolute Gasteiger partial charge is 0.250 e. The molecule has 1 N–H and O–H groups in total. The maximum Gasteiger partial charge on any atom is 0.250 e. The van der Waals surface area contributed by atoms with Gasteiger partial charge < -0.3 is 5.32 Å². The zero-order valence-corrected chi connectivity index (χ0v) is 9.46. The van der Waals surface area contributed by atoms with E-state index >= 15 is 0 Å². The fourth-order valence-electron chi connectivity index (χ4n) is 0.804. The average molecular weight is 287 g/mol. The first-order valence-corrected chi connectivity index (χ1v) is 4.90. The van der Waals surface area contributed by atoms with Crippen LogP contribution in [0.5, 0.6) is 0 Å². The number of hydrogen-bond acceptors (Lipinski definition) is 1. The molecule has 1 aromatic rings.